The average molecular weight is 187 g/mol. The van der Waals surface area contributed by atoms with E-state index in [0.29, 0.717) is 5.92 Å². The molecule has 1 aliphatic rings. The Labute approximate surface area is 80.8 Å². The topological polar surface area (TPSA) is 30.5 Å². The van der Waals surface area contributed by atoms with Crippen LogP contribution in [0, 0.1) is 11.8 Å². The van der Waals surface area contributed by atoms with Crippen LogP contribution >= 0.6 is 0 Å². The maximum atomic E-state index is 5.34. The smallest absolute Gasteiger partial charge is 0.0505 e. The van der Waals surface area contributed by atoms with Crippen LogP contribution in [0.4, 0.5) is 0 Å². The molecule has 1 N–H and O–H groups in total. The van der Waals surface area contributed by atoms with Crippen LogP contribution in [-0.2, 0) is 9.47 Å². The zero-order chi connectivity index (χ0) is 9.52. The summed E-state index contributed by atoms with van der Waals surface area (Å²) in [4.78, 5) is 0. The van der Waals surface area contributed by atoms with Gasteiger partial charge in [-0.05, 0) is 31.7 Å². The second-order valence-electron chi connectivity index (χ2n) is 3.72. The molecule has 3 heteroatoms. The lowest BCUT2D eigenvalue weighted by atomic mass is 9.86. The fourth-order valence-electron chi connectivity index (χ4n) is 2.03. The largest absolute Gasteiger partial charge is 0.384 e. The normalized spacial score (nSPS) is 21.7. The summed E-state index contributed by atoms with van der Waals surface area (Å²) in [5.41, 5.74) is 0. The average Bonchev–Trinajstić information content (AvgIpc) is 2.19. The van der Waals surface area contributed by atoms with Gasteiger partial charge in [0.1, 0.15) is 0 Å². The summed E-state index contributed by atoms with van der Waals surface area (Å²) >= 11 is 0. The Hall–Kier alpha value is -0.120. The molecule has 78 valence electrons. The van der Waals surface area contributed by atoms with E-state index in [9.17, 15) is 0 Å². The number of ether oxygens (including phenoxy) is 2. The molecule has 0 bridgehead atoms. The minimum absolute atomic E-state index is 0.652. The maximum Gasteiger partial charge on any atom is 0.0505 e. The monoisotopic (exact) mass is 187 g/mol. The van der Waals surface area contributed by atoms with Gasteiger partial charge in [-0.15, -0.1) is 0 Å². The van der Waals surface area contributed by atoms with Gasteiger partial charge in [-0.3, -0.25) is 0 Å². The SMILES string of the molecule is CNCC(COC)C1CCOCC1. The molecule has 0 saturated carbocycles. The first-order valence-electron chi connectivity index (χ1n) is 5.09. The summed E-state index contributed by atoms with van der Waals surface area (Å²) in [6, 6.07) is 0. The molecule has 3 nitrogen and oxygen atoms in total. The molecule has 1 rings (SSSR count). The van der Waals surface area contributed by atoms with Crippen LogP contribution in [0.15, 0.2) is 0 Å². The van der Waals surface area contributed by atoms with Crippen LogP contribution in [0.1, 0.15) is 12.8 Å². The third kappa shape index (κ3) is 3.63. The number of methoxy groups -OCH3 is 1. The minimum atomic E-state index is 0.652. The van der Waals surface area contributed by atoms with Crippen molar-refractivity contribution in [2.24, 2.45) is 11.8 Å². The van der Waals surface area contributed by atoms with Gasteiger partial charge >= 0.3 is 0 Å². The number of hydrogen-bond acceptors (Lipinski definition) is 3. The summed E-state index contributed by atoms with van der Waals surface area (Å²) in [6.07, 6.45) is 2.38. The number of rotatable bonds is 5. The van der Waals surface area contributed by atoms with Gasteiger partial charge in [-0.2, -0.15) is 0 Å². The van der Waals surface area contributed by atoms with Crippen LogP contribution in [0.3, 0.4) is 0 Å². The lowest BCUT2D eigenvalue weighted by molar-refractivity contribution is 0.0262. The van der Waals surface area contributed by atoms with Crippen molar-refractivity contribution in [3.05, 3.63) is 0 Å². The highest BCUT2D eigenvalue weighted by molar-refractivity contribution is 4.73. The molecule has 0 aliphatic carbocycles. The van der Waals surface area contributed by atoms with Crippen LogP contribution < -0.4 is 5.32 Å². The van der Waals surface area contributed by atoms with E-state index in [1.165, 1.54) is 12.8 Å². The fourth-order valence-corrected chi connectivity index (χ4v) is 2.03. The molecule has 0 aromatic carbocycles. The van der Waals surface area contributed by atoms with Crippen LogP contribution in [0.25, 0.3) is 0 Å². The molecule has 0 amide bonds. The Morgan fingerprint density at radius 3 is 2.69 bits per heavy atom. The van der Waals surface area contributed by atoms with Crippen LogP contribution in [-0.4, -0.2) is 40.5 Å². The maximum absolute atomic E-state index is 5.34. The van der Waals surface area contributed by atoms with Crippen LogP contribution in [0.5, 0.6) is 0 Å². The third-order valence-electron chi connectivity index (χ3n) is 2.78. The van der Waals surface area contributed by atoms with Crippen molar-refractivity contribution < 1.29 is 9.47 Å². The van der Waals surface area contributed by atoms with E-state index < -0.39 is 0 Å². The highest BCUT2D eigenvalue weighted by Crippen LogP contribution is 2.23. The Morgan fingerprint density at radius 1 is 1.46 bits per heavy atom. The summed E-state index contributed by atoms with van der Waals surface area (Å²) < 4.78 is 10.6. The molecule has 0 spiro atoms. The van der Waals surface area contributed by atoms with E-state index >= 15 is 0 Å². The van der Waals surface area contributed by atoms with E-state index in [-0.39, 0.29) is 0 Å². The first kappa shape index (κ1) is 11.0. The highest BCUT2D eigenvalue weighted by atomic mass is 16.5. The molecule has 0 radical (unpaired) electrons. The van der Waals surface area contributed by atoms with Gasteiger partial charge in [0.15, 0.2) is 0 Å². The minimum Gasteiger partial charge on any atom is -0.384 e. The molecule has 1 unspecified atom stereocenters. The summed E-state index contributed by atoms with van der Waals surface area (Å²) in [5, 5.41) is 3.23. The number of hydrogen-bond donors (Lipinski definition) is 1. The van der Waals surface area contributed by atoms with Crippen molar-refractivity contribution in [3.63, 3.8) is 0 Å². The lowest BCUT2D eigenvalue weighted by Crippen LogP contribution is -2.33. The standard InChI is InChI=1S/C10H21NO2/c1-11-7-10(8-12-2)9-3-5-13-6-4-9/h9-11H,3-8H2,1-2H3. The van der Waals surface area contributed by atoms with Crippen molar-refractivity contribution in [2.75, 3.05) is 40.5 Å². The predicted octanol–water partition coefficient (Wildman–Crippen LogP) is 0.895. The Morgan fingerprint density at radius 2 is 2.15 bits per heavy atom. The fraction of sp³-hybridized carbons (Fsp3) is 1.00. The molecule has 0 aromatic rings. The Balaban J connectivity index is 2.32. The lowest BCUT2D eigenvalue weighted by Gasteiger charge is -2.29. The molecule has 13 heavy (non-hydrogen) atoms. The predicted molar refractivity (Wildman–Crippen MR) is 52.8 cm³/mol. The summed E-state index contributed by atoms with van der Waals surface area (Å²) in [6.45, 7) is 3.77. The van der Waals surface area contributed by atoms with E-state index in [1.807, 2.05) is 7.05 Å². The Bertz CT molecular complexity index is 118. The first-order chi connectivity index (χ1) is 6.38. The molecule has 1 fully saturated rings. The first-order valence-corrected chi connectivity index (χ1v) is 5.09. The van der Waals surface area contributed by atoms with Gasteiger partial charge in [0.05, 0.1) is 6.61 Å². The van der Waals surface area contributed by atoms with E-state index in [1.54, 1.807) is 7.11 Å². The summed E-state index contributed by atoms with van der Waals surface area (Å²) in [7, 11) is 3.78. The Kier molecular flexibility index (Phi) is 5.35. The second-order valence-corrected chi connectivity index (χ2v) is 3.72. The van der Waals surface area contributed by atoms with E-state index in [2.05, 4.69) is 5.32 Å². The van der Waals surface area contributed by atoms with Crippen molar-refractivity contribution in [1.29, 1.82) is 0 Å². The van der Waals surface area contributed by atoms with Crippen molar-refractivity contribution in [3.8, 4) is 0 Å². The van der Waals surface area contributed by atoms with Gasteiger partial charge in [0.2, 0.25) is 0 Å². The quantitative estimate of drug-likeness (QED) is 0.693. The van der Waals surface area contributed by atoms with E-state index in [4.69, 9.17) is 9.47 Å². The molecule has 1 saturated heterocycles. The van der Waals surface area contributed by atoms with Crippen LogP contribution in [0.2, 0.25) is 0 Å². The van der Waals surface area contributed by atoms with Gasteiger partial charge < -0.3 is 14.8 Å². The zero-order valence-corrected chi connectivity index (χ0v) is 8.71. The second kappa shape index (κ2) is 6.35. The van der Waals surface area contributed by atoms with Crippen molar-refractivity contribution in [2.45, 2.75) is 12.8 Å². The van der Waals surface area contributed by atoms with Gasteiger partial charge in [-0.1, -0.05) is 0 Å². The molecular formula is C10H21NO2. The van der Waals surface area contributed by atoms with Crippen molar-refractivity contribution >= 4 is 0 Å². The highest BCUT2D eigenvalue weighted by Gasteiger charge is 2.23. The van der Waals surface area contributed by atoms with Gasteiger partial charge in [-0.25, -0.2) is 0 Å². The van der Waals surface area contributed by atoms with Gasteiger partial charge in [0, 0.05) is 26.9 Å². The zero-order valence-electron chi connectivity index (χ0n) is 8.71. The van der Waals surface area contributed by atoms with E-state index in [0.717, 1.165) is 32.3 Å². The molecule has 0 aromatic heterocycles. The molecular weight excluding hydrogens is 166 g/mol. The van der Waals surface area contributed by atoms with Gasteiger partial charge in [0.25, 0.3) is 0 Å². The third-order valence-corrected chi connectivity index (χ3v) is 2.78. The number of nitrogens with one attached hydrogen (secondary N) is 1. The van der Waals surface area contributed by atoms with Crippen molar-refractivity contribution in [1.82, 2.24) is 5.32 Å². The molecule has 1 heterocycles. The summed E-state index contributed by atoms with van der Waals surface area (Å²) in [5.74, 6) is 1.43. The molecule has 1 aliphatic heterocycles. The molecule has 1 atom stereocenters.